The predicted octanol–water partition coefficient (Wildman–Crippen LogP) is 5.15. The molecule has 0 N–H and O–H groups in total. The van der Waals surface area contributed by atoms with Gasteiger partial charge in [-0.1, -0.05) is 29.8 Å². The van der Waals surface area contributed by atoms with Gasteiger partial charge in [0.05, 0.1) is 26.5 Å². The molecule has 0 saturated heterocycles. The van der Waals surface area contributed by atoms with E-state index in [4.69, 9.17) is 4.74 Å². The second-order valence-electron chi connectivity index (χ2n) is 7.00. The van der Waals surface area contributed by atoms with Crippen LogP contribution in [-0.4, -0.2) is 26.8 Å². The standard InChI is InChI=1S/C21H18Br2N4O5/c1-4-11(2)20-25-17-6-5-14(22)9-15(17)21(29)26(20)24-10-13-7-16(23)19(32-12(3)28)18(8-13)27(30)31/h5-11H,4H2,1-3H3/t11-/m0/s1. The van der Waals surface area contributed by atoms with Gasteiger partial charge in [0.1, 0.15) is 5.82 Å². The maximum absolute atomic E-state index is 13.2. The number of esters is 1. The summed E-state index contributed by atoms with van der Waals surface area (Å²) < 4.78 is 7.11. The smallest absolute Gasteiger partial charge is 0.313 e. The van der Waals surface area contributed by atoms with Crippen molar-refractivity contribution < 1.29 is 14.5 Å². The molecule has 0 unspecified atom stereocenters. The highest BCUT2D eigenvalue weighted by atomic mass is 79.9. The van der Waals surface area contributed by atoms with Gasteiger partial charge in [0.2, 0.25) is 5.75 Å². The van der Waals surface area contributed by atoms with Crippen molar-refractivity contribution >= 4 is 60.6 Å². The van der Waals surface area contributed by atoms with Gasteiger partial charge in [-0.2, -0.15) is 9.78 Å². The van der Waals surface area contributed by atoms with Crippen molar-refractivity contribution in [3.8, 4) is 5.75 Å². The van der Waals surface area contributed by atoms with Crippen molar-refractivity contribution in [3.05, 3.63) is 71.1 Å². The normalized spacial score (nSPS) is 12.3. The van der Waals surface area contributed by atoms with Crippen molar-refractivity contribution in [2.24, 2.45) is 5.10 Å². The van der Waals surface area contributed by atoms with Crippen LogP contribution >= 0.6 is 31.9 Å². The van der Waals surface area contributed by atoms with E-state index < -0.39 is 16.6 Å². The lowest BCUT2D eigenvalue weighted by Crippen LogP contribution is -2.23. The third-order valence-corrected chi connectivity index (χ3v) is 5.78. The molecule has 2 aromatic carbocycles. The summed E-state index contributed by atoms with van der Waals surface area (Å²) in [6.07, 6.45) is 2.06. The summed E-state index contributed by atoms with van der Waals surface area (Å²) in [5, 5.41) is 16.2. The van der Waals surface area contributed by atoms with Gasteiger partial charge in [0, 0.05) is 28.9 Å². The number of ether oxygens (including phenoxy) is 1. The molecule has 166 valence electrons. The van der Waals surface area contributed by atoms with E-state index in [1.807, 2.05) is 19.9 Å². The molecular formula is C21H18Br2N4O5. The van der Waals surface area contributed by atoms with Gasteiger partial charge >= 0.3 is 11.7 Å². The first kappa shape index (κ1) is 23.7. The Kier molecular flexibility index (Phi) is 7.19. The number of aromatic nitrogens is 2. The Hall–Kier alpha value is -2.92. The first-order valence-corrected chi connectivity index (χ1v) is 11.1. The predicted molar refractivity (Wildman–Crippen MR) is 128 cm³/mol. The molecule has 1 aromatic heterocycles. The van der Waals surface area contributed by atoms with Gasteiger partial charge in [-0.15, -0.1) is 0 Å². The van der Waals surface area contributed by atoms with Crippen LogP contribution in [0.4, 0.5) is 5.69 Å². The molecule has 1 heterocycles. The first-order valence-electron chi connectivity index (χ1n) is 9.55. The van der Waals surface area contributed by atoms with Gasteiger partial charge < -0.3 is 4.74 Å². The van der Waals surface area contributed by atoms with E-state index >= 15 is 0 Å². The number of carbonyl (C=O) groups is 1. The molecule has 9 nitrogen and oxygen atoms in total. The molecule has 0 saturated carbocycles. The maximum Gasteiger partial charge on any atom is 0.313 e. The Morgan fingerprint density at radius 2 is 2.06 bits per heavy atom. The molecule has 0 spiro atoms. The number of fused-ring (bicyclic) bond motifs is 1. The number of halogens is 2. The summed E-state index contributed by atoms with van der Waals surface area (Å²) >= 11 is 6.56. The molecular weight excluding hydrogens is 548 g/mol. The van der Waals surface area contributed by atoms with Gasteiger partial charge in [-0.3, -0.25) is 19.7 Å². The van der Waals surface area contributed by atoms with Gasteiger partial charge in [0.25, 0.3) is 5.56 Å². The van der Waals surface area contributed by atoms with Crippen LogP contribution in [0, 0.1) is 10.1 Å². The summed E-state index contributed by atoms with van der Waals surface area (Å²) in [6.45, 7) is 5.07. The van der Waals surface area contributed by atoms with Crippen molar-refractivity contribution in [2.45, 2.75) is 33.1 Å². The highest BCUT2D eigenvalue weighted by Crippen LogP contribution is 2.36. The van der Waals surface area contributed by atoms with Crippen molar-refractivity contribution in [2.75, 3.05) is 0 Å². The van der Waals surface area contributed by atoms with E-state index in [-0.39, 0.29) is 21.7 Å². The summed E-state index contributed by atoms with van der Waals surface area (Å²) in [5.74, 6) is -0.461. The van der Waals surface area contributed by atoms with Gasteiger partial charge in [0.15, 0.2) is 0 Å². The molecule has 3 rings (SSSR count). The van der Waals surface area contributed by atoms with Crippen molar-refractivity contribution in [3.63, 3.8) is 0 Å². The van der Waals surface area contributed by atoms with Crippen LogP contribution in [0.2, 0.25) is 0 Å². The zero-order chi connectivity index (χ0) is 23.6. The fraction of sp³-hybridized carbons (Fsp3) is 0.238. The summed E-state index contributed by atoms with van der Waals surface area (Å²) in [7, 11) is 0. The van der Waals surface area contributed by atoms with E-state index in [9.17, 15) is 19.7 Å². The molecule has 11 heteroatoms. The lowest BCUT2D eigenvalue weighted by molar-refractivity contribution is -0.385. The van der Waals surface area contributed by atoms with Crippen LogP contribution in [0.15, 0.2) is 49.2 Å². The van der Waals surface area contributed by atoms with Crippen LogP contribution in [-0.2, 0) is 4.79 Å². The zero-order valence-electron chi connectivity index (χ0n) is 17.3. The zero-order valence-corrected chi connectivity index (χ0v) is 20.5. The summed E-state index contributed by atoms with van der Waals surface area (Å²) in [4.78, 5) is 39.9. The SMILES string of the molecule is CC[C@H](C)c1nc2ccc(Br)cc2c(=O)n1N=Cc1cc(Br)c(OC(C)=O)c([N+](=O)[O-])c1. The Balaban J connectivity index is 2.17. The van der Waals surface area contributed by atoms with Gasteiger partial charge in [-0.25, -0.2) is 4.98 Å². The van der Waals surface area contributed by atoms with Gasteiger partial charge in [-0.05, 0) is 46.6 Å². The molecule has 0 aliphatic heterocycles. The molecule has 3 aromatic rings. The van der Waals surface area contributed by atoms with Crippen LogP contribution in [0.5, 0.6) is 5.75 Å². The molecule has 1 atom stereocenters. The number of nitro benzene ring substituents is 1. The molecule has 0 radical (unpaired) electrons. The van der Waals surface area contributed by atoms with Crippen LogP contribution < -0.4 is 10.3 Å². The summed E-state index contributed by atoms with van der Waals surface area (Å²) in [5.41, 5.74) is 0.124. The maximum atomic E-state index is 13.2. The average Bonchev–Trinajstić information content (AvgIpc) is 2.73. The fourth-order valence-corrected chi connectivity index (χ4v) is 3.87. The fourth-order valence-electron chi connectivity index (χ4n) is 2.96. The number of benzene rings is 2. The van der Waals surface area contributed by atoms with Crippen LogP contribution in [0.25, 0.3) is 10.9 Å². The number of carbonyl (C=O) groups excluding carboxylic acids is 1. The second-order valence-corrected chi connectivity index (χ2v) is 8.77. The number of hydrogen-bond donors (Lipinski definition) is 0. The Labute approximate surface area is 199 Å². The molecule has 0 bridgehead atoms. The third kappa shape index (κ3) is 4.94. The van der Waals surface area contributed by atoms with Crippen molar-refractivity contribution in [1.29, 1.82) is 0 Å². The minimum Gasteiger partial charge on any atom is -0.418 e. The van der Waals surface area contributed by atoms with Crippen molar-refractivity contribution in [1.82, 2.24) is 9.66 Å². The first-order chi connectivity index (χ1) is 15.1. The minimum absolute atomic E-state index is 0.0553. The van der Waals surface area contributed by atoms with E-state index in [0.29, 0.717) is 22.3 Å². The lowest BCUT2D eigenvalue weighted by Gasteiger charge is -2.14. The molecule has 32 heavy (non-hydrogen) atoms. The van der Waals surface area contributed by atoms with Crippen LogP contribution in [0.3, 0.4) is 0 Å². The third-order valence-electron chi connectivity index (χ3n) is 4.70. The Morgan fingerprint density at radius 3 is 2.69 bits per heavy atom. The highest BCUT2D eigenvalue weighted by molar-refractivity contribution is 9.10. The van der Waals surface area contributed by atoms with E-state index in [1.54, 1.807) is 12.1 Å². The molecule has 0 aliphatic rings. The Morgan fingerprint density at radius 1 is 1.34 bits per heavy atom. The quantitative estimate of drug-likeness (QED) is 0.134. The average molecular weight is 566 g/mol. The number of rotatable bonds is 6. The number of hydrogen-bond acceptors (Lipinski definition) is 7. The Bertz CT molecular complexity index is 1320. The molecule has 0 fully saturated rings. The largest absolute Gasteiger partial charge is 0.418 e. The molecule has 0 aliphatic carbocycles. The van der Waals surface area contributed by atoms with Crippen LogP contribution in [0.1, 0.15) is 44.5 Å². The van der Waals surface area contributed by atoms with E-state index in [0.717, 1.165) is 17.8 Å². The van der Waals surface area contributed by atoms with E-state index in [1.165, 1.54) is 23.0 Å². The summed E-state index contributed by atoms with van der Waals surface area (Å²) in [6, 6.07) is 7.96. The molecule has 0 amide bonds. The van der Waals surface area contributed by atoms with E-state index in [2.05, 4.69) is 41.9 Å². The second kappa shape index (κ2) is 9.70. The topological polar surface area (TPSA) is 117 Å². The lowest BCUT2D eigenvalue weighted by atomic mass is 10.1. The monoisotopic (exact) mass is 564 g/mol. The number of nitro groups is 1. The number of nitrogens with zero attached hydrogens (tertiary/aromatic N) is 4. The highest BCUT2D eigenvalue weighted by Gasteiger charge is 2.22. The minimum atomic E-state index is -0.687.